The lowest BCUT2D eigenvalue weighted by molar-refractivity contribution is -0.123. The lowest BCUT2D eigenvalue weighted by Crippen LogP contribution is -2.42. The summed E-state index contributed by atoms with van der Waals surface area (Å²) in [7, 11) is 0. The number of ether oxygens (including phenoxy) is 1. The lowest BCUT2D eigenvalue weighted by Gasteiger charge is -2.16. The molecule has 120 valence electrons. The summed E-state index contributed by atoms with van der Waals surface area (Å²) in [4.78, 5) is 36.7. The minimum Gasteiger partial charge on any atom is -0.481 e. The van der Waals surface area contributed by atoms with Gasteiger partial charge in [0.25, 0.3) is 11.5 Å². The van der Waals surface area contributed by atoms with Crippen molar-refractivity contribution in [3.05, 3.63) is 62.4 Å². The fraction of sp³-hybridized carbons (Fsp3) is 0.312. The molecular formula is C16H17N3O4. The van der Waals surface area contributed by atoms with Crippen LogP contribution in [0.1, 0.15) is 24.5 Å². The van der Waals surface area contributed by atoms with E-state index in [1.165, 1.54) is 17.3 Å². The molecule has 7 nitrogen and oxygen atoms in total. The molecule has 2 N–H and O–H groups in total. The van der Waals surface area contributed by atoms with Gasteiger partial charge >= 0.3 is 5.69 Å². The van der Waals surface area contributed by atoms with Gasteiger partial charge in [0, 0.05) is 12.3 Å². The first kappa shape index (κ1) is 15.1. The number of nitrogens with one attached hydrogen (secondary N) is 2. The van der Waals surface area contributed by atoms with E-state index in [1.54, 1.807) is 6.92 Å². The second-order valence-corrected chi connectivity index (χ2v) is 5.50. The lowest BCUT2D eigenvalue weighted by atomic mass is 10.1. The van der Waals surface area contributed by atoms with Gasteiger partial charge in [0.15, 0.2) is 6.10 Å². The second kappa shape index (κ2) is 6.12. The van der Waals surface area contributed by atoms with Crippen molar-refractivity contribution in [2.75, 3.05) is 5.43 Å². The number of H-pyrrole nitrogens is 1. The minimum absolute atomic E-state index is 0.486. The molecule has 0 fully saturated rings. The molecule has 2 aromatic rings. The standard InChI is InChI=1S/C16H17N3O4/c1-10(15(21)18-19-8-7-14(20)17-16(19)22)23-13-6-5-11-3-2-4-12(11)9-13/h5-10H,2-4H2,1H3,(H,18,21)(H,17,20,22). The minimum atomic E-state index is -0.784. The number of carbonyl (C=O) groups excluding carboxylic acids is 1. The number of carbonyl (C=O) groups is 1. The van der Waals surface area contributed by atoms with Crippen LogP contribution in [0.3, 0.4) is 0 Å². The Morgan fingerprint density at radius 3 is 2.83 bits per heavy atom. The zero-order valence-corrected chi connectivity index (χ0v) is 12.7. The van der Waals surface area contributed by atoms with Gasteiger partial charge in [-0.05, 0) is 49.4 Å². The van der Waals surface area contributed by atoms with Crippen molar-refractivity contribution in [3.8, 4) is 5.75 Å². The molecule has 1 atom stereocenters. The van der Waals surface area contributed by atoms with Gasteiger partial charge in [0.1, 0.15) is 5.75 Å². The summed E-state index contributed by atoms with van der Waals surface area (Å²) in [5, 5.41) is 0. The third-order valence-corrected chi connectivity index (χ3v) is 3.81. The van der Waals surface area contributed by atoms with E-state index in [0.717, 1.165) is 30.0 Å². The molecule has 1 heterocycles. The highest BCUT2D eigenvalue weighted by Crippen LogP contribution is 2.26. The maximum atomic E-state index is 12.1. The van der Waals surface area contributed by atoms with Crippen molar-refractivity contribution in [1.29, 1.82) is 0 Å². The Hall–Kier alpha value is -2.83. The van der Waals surface area contributed by atoms with Crippen LogP contribution < -0.4 is 21.4 Å². The SMILES string of the molecule is CC(Oc1ccc2c(c1)CCC2)C(=O)Nn1ccc(=O)[nH]c1=O. The van der Waals surface area contributed by atoms with Gasteiger partial charge < -0.3 is 4.74 Å². The molecule has 1 unspecified atom stereocenters. The van der Waals surface area contributed by atoms with Crippen LogP contribution in [0.4, 0.5) is 0 Å². The van der Waals surface area contributed by atoms with Crippen molar-refractivity contribution in [3.63, 3.8) is 0 Å². The van der Waals surface area contributed by atoms with Crippen LogP contribution >= 0.6 is 0 Å². The molecule has 23 heavy (non-hydrogen) atoms. The van der Waals surface area contributed by atoms with Crippen molar-refractivity contribution >= 4 is 5.91 Å². The average molecular weight is 315 g/mol. The normalized spacial score (nSPS) is 14.1. The number of benzene rings is 1. The molecule has 0 saturated heterocycles. The summed E-state index contributed by atoms with van der Waals surface area (Å²) in [5.41, 5.74) is 3.73. The Labute approximate surface area is 131 Å². The number of amides is 1. The summed E-state index contributed by atoms with van der Waals surface area (Å²) < 4.78 is 6.55. The highest BCUT2D eigenvalue weighted by Gasteiger charge is 2.17. The van der Waals surface area contributed by atoms with Crippen molar-refractivity contribution in [1.82, 2.24) is 9.66 Å². The van der Waals surface area contributed by atoms with Gasteiger partial charge in [-0.1, -0.05) is 6.07 Å². The van der Waals surface area contributed by atoms with E-state index in [2.05, 4.69) is 10.4 Å². The first-order valence-corrected chi connectivity index (χ1v) is 7.44. The monoisotopic (exact) mass is 315 g/mol. The maximum absolute atomic E-state index is 12.1. The molecule has 1 amide bonds. The molecule has 0 bridgehead atoms. The summed E-state index contributed by atoms with van der Waals surface area (Å²) in [5.74, 6) is 0.141. The smallest absolute Gasteiger partial charge is 0.347 e. The van der Waals surface area contributed by atoms with Gasteiger partial charge in [-0.25, -0.2) is 9.47 Å². The van der Waals surface area contributed by atoms with Crippen LogP contribution in [0.5, 0.6) is 5.75 Å². The number of aromatic nitrogens is 2. The first-order chi connectivity index (χ1) is 11.0. The van der Waals surface area contributed by atoms with Gasteiger partial charge in [-0.3, -0.25) is 20.0 Å². The Morgan fingerprint density at radius 1 is 1.26 bits per heavy atom. The van der Waals surface area contributed by atoms with Crippen LogP contribution in [0.25, 0.3) is 0 Å². The topological polar surface area (TPSA) is 93.2 Å². The van der Waals surface area contributed by atoms with Crippen LogP contribution in [0.2, 0.25) is 0 Å². The van der Waals surface area contributed by atoms with E-state index in [1.807, 2.05) is 18.2 Å². The second-order valence-electron chi connectivity index (χ2n) is 5.50. The molecule has 1 aromatic carbocycles. The van der Waals surface area contributed by atoms with Crippen LogP contribution in [-0.4, -0.2) is 21.7 Å². The molecule has 1 aromatic heterocycles. The van der Waals surface area contributed by atoms with Gasteiger partial charge in [0.05, 0.1) is 0 Å². The summed E-state index contributed by atoms with van der Waals surface area (Å²) in [6, 6.07) is 6.97. The van der Waals surface area contributed by atoms with Crippen LogP contribution in [0, 0.1) is 0 Å². The van der Waals surface area contributed by atoms with Gasteiger partial charge in [-0.2, -0.15) is 0 Å². The number of rotatable bonds is 4. The number of aromatic amines is 1. The summed E-state index contributed by atoms with van der Waals surface area (Å²) in [6.45, 7) is 1.60. The van der Waals surface area contributed by atoms with E-state index in [0.29, 0.717) is 5.75 Å². The number of nitrogens with zero attached hydrogens (tertiary/aromatic N) is 1. The fourth-order valence-corrected chi connectivity index (χ4v) is 2.59. The predicted octanol–water partition coefficient (Wildman–Crippen LogP) is 0.563. The molecule has 7 heteroatoms. The highest BCUT2D eigenvalue weighted by molar-refractivity contribution is 5.87. The fourth-order valence-electron chi connectivity index (χ4n) is 2.59. The Morgan fingerprint density at radius 2 is 2.04 bits per heavy atom. The van der Waals surface area contributed by atoms with Crippen molar-refractivity contribution < 1.29 is 9.53 Å². The summed E-state index contributed by atoms with van der Waals surface area (Å²) in [6.07, 6.45) is 3.67. The maximum Gasteiger partial charge on any atom is 0.347 e. The van der Waals surface area contributed by atoms with E-state index in [-0.39, 0.29) is 0 Å². The zero-order valence-electron chi connectivity index (χ0n) is 12.7. The Bertz CT molecular complexity index is 853. The van der Waals surface area contributed by atoms with Gasteiger partial charge in [-0.15, -0.1) is 0 Å². The van der Waals surface area contributed by atoms with Crippen molar-refractivity contribution in [2.45, 2.75) is 32.3 Å². The van der Waals surface area contributed by atoms with E-state index >= 15 is 0 Å². The molecule has 1 aliphatic carbocycles. The van der Waals surface area contributed by atoms with Gasteiger partial charge in [0.2, 0.25) is 0 Å². The van der Waals surface area contributed by atoms with Crippen LogP contribution in [-0.2, 0) is 17.6 Å². The molecule has 1 aliphatic rings. The number of hydrogen-bond donors (Lipinski definition) is 2. The third kappa shape index (κ3) is 3.33. The number of fused-ring (bicyclic) bond motifs is 1. The van der Waals surface area contributed by atoms with E-state index in [9.17, 15) is 14.4 Å². The average Bonchev–Trinajstić information content (AvgIpc) is 2.97. The molecule has 0 radical (unpaired) electrons. The third-order valence-electron chi connectivity index (χ3n) is 3.81. The van der Waals surface area contributed by atoms with E-state index in [4.69, 9.17) is 4.74 Å². The van der Waals surface area contributed by atoms with Crippen LogP contribution in [0.15, 0.2) is 40.1 Å². The molecule has 0 saturated carbocycles. The Balaban J connectivity index is 1.68. The predicted molar refractivity (Wildman–Crippen MR) is 84.2 cm³/mol. The zero-order chi connectivity index (χ0) is 16.4. The largest absolute Gasteiger partial charge is 0.481 e. The molecule has 0 spiro atoms. The molecule has 3 rings (SSSR count). The van der Waals surface area contributed by atoms with Crippen molar-refractivity contribution in [2.24, 2.45) is 0 Å². The highest BCUT2D eigenvalue weighted by atomic mass is 16.5. The van der Waals surface area contributed by atoms with E-state index < -0.39 is 23.3 Å². The summed E-state index contributed by atoms with van der Waals surface area (Å²) >= 11 is 0. The quantitative estimate of drug-likeness (QED) is 0.862. The Kier molecular flexibility index (Phi) is 4.01. The number of aryl methyl sites for hydroxylation is 2. The first-order valence-electron chi connectivity index (χ1n) is 7.44. The molecule has 0 aliphatic heterocycles. The molecular weight excluding hydrogens is 298 g/mol. The number of hydrogen-bond acceptors (Lipinski definition) is 4.